The third-order valence-electron chi connectivity index (χ3n) is 7.42. The lowest BCUT2D eigenvalue weighted by atomic mass is 9.67. The summed E-state index contributed by atoms with van der Waals surface area (Å²) in [5.41, 5.74) is 3.58. The molecule has 0 saturated heterocycles. The Bertz CT molecular complexity index is 986. The predicted octanol–water partition coefficient (Wildman–Crippen LogP) is 8.29. The maximum absolute atomic E-state index is 11.8. The molecule has 1 unspecified atom stereocenters. The van der Waals surface area contributed by atoms with Gasteiger partial charge in [-0.15, -0.1) is 11.6 Å². The van der Waals surface area contributed by atoms with Crippen molar-refractivity contribution in [2.75, 3.05) is 13.2 Å². The summed E-state index contributed by atoms with van der Waals surface area (Å²) in [4.78, 5) is 11.8. The van der Waals surface area contributed by atoms with Crippen molar-refractivity contribution in [3.8, 4) is 22.9 Å². The van der Waals surface area contributed by atoms with Crippen LogP contribution in [0.25, 0.3) is 11.1 Å². The molecule has 0 bridgehead atoms. The Kier molecular flexibility index (Phi) is 10.7. The number of benzene rings is 2. The third kappa shape index (κ3) is 7.74. The molecule has 0 N–H and O–H groups in total. The van der Waals surface area contributed by atoms with E-state index < -0.39 is 11.3 Å². The van der Waals surface area contributed by atoms with Crippen LogP contribution in [0.2, 0.25) is 0 Å². The number of ether oxygens (including phenoxy) is 2. The van der Waals surface area contributed by atoms with Crippen LogP contribution in [0.3, 0.4) is 0 Å². The molecule has 1 fully saturated rings. The second kappa shape index (κ2) is 13.7. The van der Waals surface area contributed by atoms with E-state index in [1.165, 1.54) is 30.4 Å². The zero-order valence-electron chi connectivity index (χ0n) is 22.0. The van der Waals surface area contributed by atoms with Crippen LogP contribution in [0, 0.1) is 22.7 Å². The first-order valence-corrected chi connectivity index (χ1v) is 13.9. The molecule has 5 heteroatoms. The minimum atomic E-state index is -0.629. The Morgan fingerprint density at radius 1 is 1.03 bits per heavy atom. The molecule has 0 aliphatic heterocycles. The average molecular weight is 510 g/mol. The summed E-state index contributed by atoms with van der Waals surface area (Å²) in [6, 6.07) is 19.5. The summed E-state index contributed by atoms with van der Waals surface area (Å²) >= 11 is 6.00. The normalized spacial score (nSPS) is 20.5. The molecule has 1 atom stereocenters. The van der Waals surface area contributed by atoms with Gasteiger partial charge in [0.2, 0.25) is 0 Å². The molecule has 2 aromatic carbocycles. The van der Waals surface area contributed by atoms with Crippen molar-refractivity contribution >= 4 is 17.6 Å². The van der Waals surface area contributed by atoms with Crippen molar-refractivity contribution in [1.29, 1.82) is 5.26 Å². The van der Waals surface area contributed by atoms with Crippen LogP contribution in [0.5, 0.6) is 5.75 Å². The fourth-order valence-electron chi connectivity index (χ4n) is 4.98. The highest BCUT2D eigenvalue weighted by atomic mass is 35.5. The SMILES string of the molecule is CCCCCC1(C#N)CCC(c2ccc(-c3ccc(OCCOC(=O)C(Cl)C(C)C)cc3)cc2)CC1. The lowest BCUT2D eigenvalue weighted by molar-refractivity contribution is -0.144. The molecule has 0 heterocycles. The van der Waals surface area contributed by atoms with Gasteiger partial charge in [-0.3, -0.25) is 4.79 Å². The van der Waals surface area contributed by atoms with Gasteiger partial charge in [0.15, 0.2) is 0 Å². The van der Waals surface area contributed by atoms with Crippen LogP contribution in [0.15, 0.2) is 48.5 Å². The van der Waals surface area contributed by atoms with Crippen LogP contribution < -0.4 is 4.74 Å². The predicted molar refractivity (Wildman–Crippen MR) is 146 cm³/mol. The average Bonchev–Trinajstić information content (AvgIpc) is 2.91. The summed E-state index contributed by atoms with van der Waals surface area (Å²) in [6.45, 7) is 6.45. The molecule has 0 spiro atoms. The quantitative estimate of drug-likeness (QED) is 0.164. The lowest BCUT2D eigenvalue weighted by Crippen LogP contribution is -2.25. The Labute approximate surface area is 222 Å². The van der Waals surface area contributed by atoms with E-state index in [0.29, 0.717) is 5.92 Å². The Balaban J connectivity index is 1.47. The van der Waals surface area contributed by atoms with Crippen molar-refractivity contribution in [3.63, 3.8) is 0 Å². The van der Waals surface area contributed by atoms with E-state index >= 15 is 0 Å². The van der Waals surface area contributed by atoms with E-state index in [9.17, 15) is 10.1 Å². The number of nitriles is 1. The molecular formula is C31H40ClNO3. The molecule has 3 rings (SSSR count). The lowest BCUT2D eigenvalue weighted by Gasteiger charge is -2.35. The highest BCUT2D eigenvalue weighted by Gasteiger charge is 2.35. The zero-order valence-corrected chi connectivity index (χ0v) is 22.7. The minimum Gasteiger partial charge on any atom is -0.490 e. The fourth-order valence-corrected chi connectivity index (χ4v) is 5.04. The number of carbonyl (C=O) groups excluding carboxylic acids is 1. The Hall–Kier alpha value is -2.51. The van der Waals surface area contributed by atoms with Gasteiger partial charge in [0.25, 0.3) is 0 Å². The van der Waals surface area contributed by atoms with E-state index in [0.717, 1.165) is 43.4 Å². The molecule has 1 saturated carbocycles. The van der Waals surface area contributed by atoms with Crippen LogP contribution >= 0.6 is 11.6 Å². The number of alkyl halides is 1. The number of hydrogen-bond donors (Lipinski definition) is 0. The highest BCUT2D eigenvalue weighted by molar-refractivity contribution is 6.30. The molecule has 194 valence electrons. The van der Waals surface area contributed by atoms with Gasteiger partial charge in [-0.2, -0.15) is 5.26 Å². The van der Waals surface area contributed by atoms with E-state index in [4.69, 9.17) is 21.1 Å². The maximum atomic E-state index is 11.8. The van der Waals surface area contributed by atoms with Gasteiger partial charge in [-0.05, 0) is 72.8 Å². The number of halogens is 1. The number of hydrogen-bond acceptors (Lipinski definition) is 4. The molecular weight excluding hydrogens is 470 g/mol. The van der Waals surface area contributed by atoms with Crippen molar-refractivity contribution < 1.29 is 14.3 Å². The summed E-state index contributed by atoms with van der Waals surface area (Å²) in [5.74, 6) is 0.914. The van der Waals surface area contributed by atoms with Gasteiger partial charge < -0.3 is 9.47 Å². The highest BCUT2D eigenvalue weighted by Crippen LogP contribution is 2.45. The summed E-state index contributed by atoms with van der Waals surface area (Å²) in [6.07, 6.45) is 8.90. The fraction of sp³-hybridized carbons (Fsp3) is 0.548. The Morgan fingerprint density at radius 3 is 2.19 bits per heavy atom. The second-order valence-electron chi connectivity index (χ2n) is 10.4. The van der Waals surface area contributed by atoms with Gasteiger partial charge in [-0.1, -0.05) is 76.4 Å². The van der Waals surface area contributed by atoms with Gasteiger partial charge in [0.05, 0.1) is 11.5 Å². The van der Waals surface area contributed by atoms with E-state index in [1.54, 1.807) is 0 Å². The molecule has 0 radical (unpaired) electrons. The third-order valence-corrected chi connectivity index (χ3v) is 8.10. The molecule has 2 aromatic rings. The van der Waals surface area contributed by atoms with Gasteiger partial charge in [0.1, 0.15) is 24.3 Å². The molecule has 36 heavy (non-hydrogen) atoms. The summed E-state index contributed by atoms with van der Waals surface area (Å²) in [7, 11) is 0. The second-order valence-corrected chi connectivity index (χ2v) is 10.9. The monoisotopic (exact) mass is 509 g/mol. The molecule has 0 aromatic heterocycles. The van der Waals surface area contributed by atoms with Crippen molar-refractivity contribution in [3.05, 3.63) is 54.1 Å². The van der Waals surface area contributed by atoms with Gasteiger partial charge >= 0.3 is 5.97 Å². The van der Waals surface area contributed by atoms with Crippen LogP contribution in [0.1, 0.15) is 83.6 Å². The first-order valence-electron chi connectivity index (χ1n) is 13.4. The van der Waals surface area contributed by atoms with E-state index in [-0.39, 0.29) is 24.5 Å². The van der Waals surface area contributed by atoms with Crippen molar-refractivity contribution in [1.82, 2.24) is 0 Å². The number of unbranched alkanes of at least 4 members (excludes halogenated alkanes) is 2. The van der Waals surface area contributed by atoms with Gasteiger partial charge in [0, 0.05) is 0 Å². The topological polar surface area (TPSA) is 59.3 Å². The first kappa shape index (κ1) is 28.1. The van der Waals surface area contributed by atoms with E-state index in [1.807, 2.05) is 38.1 Å². The molecule has 4 nitrogen and oxygen atoms in total. The van der Waals surface area contributed by atoms with E-state index in [2.05, 4.69) is 37.3 Å². The summed E-state index contributed by atoms with van der Waals surface area (Å²) < 4.78 is 10.9. The van der Waals surface area contributed by atoms with Gasteiger partial charge in [-0.25, -0.2) is 0 Å². The number of rotatable bonds is 12. The number of carbonyl (C=O) groups is 1. The summed E-state index contributed by atoms with van der Waals surface area (Å²) in [5, 5.41) is 9.19. The van der Waals surface area contributed by atoms with Crippen LogP contribution in [-0.2, 0) is 9.53 Å². The standard InChI is InChI=1S/C31H40ClNO3/c1-4-5-6-17-31(22-33)18-15-27(16-19-31)25-9-7-24(8-10-25)26-11-13-28(14-12-26)35-20-21-36-30(34)29(32)23(2)3/h7-14,23,27,29H,4-6,15-21H2,1-3H3. The zero-order chi connectivity index (χ0) is 26.0. The molecule has 0 amide bonds. The number of esters is 1. The van der Waals surface area contributed by atoms with Crippen molar-refractivity contribution in [2.45, 2.75) is 83.4 Å². The first-order chi connectivity index (χ1) is 17.4. The van der Waals surface area contributed by atoms with Crippen molar-refractivity contribution in [2.24, 2.45) is 11.3 Å². The number of nitrogens with zero attached hydrogens (tertiary/aromatic N) is 1. The smallest absolute Gasteiger partial charge is 0.324 e. The Morgan fingerprint density at radius 2 is 1.64 bits per heavy atom. The maximum Gasteiger partial charge on any atom is 0.324 e. The molecule has 1 aliphatic rings. The largest absolute Gasteiger partial charge is 0.490 e. The molecule has 1 aliphatic carbocycles. The minimum absolute atomic E-state index is 0.0349. The van der Waals surface area contributed by atoms with Crippen LogP contribution in [-0.4, -0.2) is 24.6 Å². The van der Waals surface area contributed by atoms with Crippen LogP contribution in [0.4, 0.5) is 0 Å².